The molecule has 242 valence electrons. The molecule has 10 atom stereocenters. The van der Waals surface area contributed by atoms with E-state index in [-0.39, 0.29) is 34.0 Å². The average Bonchev–Trinajstić information content (AvgIpc) is 3.72. The molecule has 9 N–H and O–H groups in total. The van der Waals surface area contributed by atoms with E-state index in [0.29, 0.717) is 0 Å². The standard InChI is InChI=1S/C21H25N9O13P2/c22-7-1-2-24-16-10(7)25-5-29(16)19-13(32)14-9(41-19)4-39-45(36,37)43-15-12(31)8(3-38-44(34,35)42-14)40-20(15)30-6-26-11-17(30)27-21(23)28-18(11)33/h1-2,5-6,8-9,12-15,19-20,31-32H,3-4H2,(H2,22,24)(H,34,35)(H,36,37)(H3,23,27,28,33)/t8?,9?,12-,13-,14-,15-,19-,20-/m1/s1. The summed E-state index contributed by atoms with van der Waals surface area (Å²) in [7, 11) is -10.2. The largest absolute Gasteiger partial charge is 0.472 e. The number of nitrogens with zero attached hydrogens (tertiary/aromatic N) is 6. The van der Waals surface area contributed by atoms with Gasteiger partial charge in [-0.25, -0.2) is 24.1 Å². The molecule has 2 bridgehead atoms. The fourth-order valence-electron chi connectivity index (χ4n) is 5.38. The third-order valence-corrected chi connectivity index (χ3v) is 9.40. The first-order chi connectivity index (χ1) is 21.3. The van der Waals surface area contributed by atoms with E-state index in [1.54, 1.807) is 0 Å². The van der Waals surface area contributed by atoms with Crippen LogP contribution in [-0.4, -0.2) is 104 Å². The first-order valence-corrected chi connectivity index (χ1v) is 16.1. The Morgan fingerprint density at radius 3 is 2.20 bits per heavy atom. The maximum Gasteiger partial charge on any atom is 0.472 e. The first-order valence-electron chi connectivity index (χ1n) is 13.1. The fraction of sp³-hybridized carbons (Fsp3) is 0.476. The van der Waals surface area contributed by atoms with Crippen LogP contribution in [0.2, 0.25) is 0 Å². The summed E-state index contributed by atoms with van der Waals surface area (Å²) in [6, 6.07) is 1.51. The molecule has 0 saturated carbocycles. The van der Waals surface area contributed by atoms with Gasteiger partial charge in [-0.1, -0.05) is 0 Å². The van der Waals surface area contributed by atoms with Gasteiger partial charge in [0, 0.05) is 6.20 Å². The van der Waals surface area contributed by atoms with Gasteiger partial charge in [0.2, 0.25) is 5.95 Å². The number of phosphoric ester groups is 2. The van der Waals surface area contributed by atoms with Crippen LogP contribution in [0.15, 0.2) is 29.7 Å². The first kappa shape index (κ1) is 30.3. The Kier molecular flexibility index (Phi) is 7.32. The summed E-state index contributed by atoms with van der Waals surface area (Å²) in [5, 5.41) is 22.1. The zero-order valence-corrected chi connectivity index (χ0v) is 24.3. The molecule has 0 radical (unpaired) electrons. The third-order valence-electron chi connectivity index (χ3n) is 7.43. The summed E-state index contributed by atoms with van der Waals surface area (Å²) < 4.78 is 61.2. The van der Waals surface area contributed by atoms with Crippen molar-refractivity contribution < 1.29 is 56.7 Å². The number of rotatable bonds is 2. The molecule has 7 rings (SSSR count). The molecule has 0 aliphatic carbocycles. The summed E-state index contributed by atoms with van der Waals surface area (Å²) in [4.78, 5) is 52.1. The number of aromatic amines is 1. The number of aliphatic hydroxyl groups is 2. The Hall–Kier alpha value is -3.37. The summed E-state index contributed by atoms with van der Waals surface area (Å²) in [5.74, 6) is -0.281. The average molecular weight is 673 g/mol. The summed E-state index contributed by atoms with van der Waals surface area (Å²) in [6.45, 7) is -1.63. The molecule has 4 aromatic rings. The van der Waals surface area contributed by atoms with E-state index in [4.69, 9.17) is 39.0 Å². The number of phosphoric acid groups is 2. The van der Waals surface area contributed by atoms with Gasteiger partial charge in [0.1, 0.15) is 42.1 Å². The lowest BCUT2D eigenvalue weighted by atomic mass is 10.1. The maximum atomic E-state index is 13.2. The predicted octanol–water partition coefficient (Wildman–Crippen LogP) is -1.74. The van der Waals surface area contributed by atoms with Crippen LogP contribution in [0.25, 0.3) is 22.3 Å². The third kappa shape index (κ3) is 5.33. The van der Waals surface area contributed by atoms with Gasteiger partial charge in [0.05, 0.1) is 31.6 Å². The van der Waals surface area contributed by atoms with Gasteiger partial charge in [-0.2, -0.15) is 4.98 Å². The van der Waals surface area contributed by atoms with Crippen molar-refractivity contribution in [3.05, 3.63) is 35.3 Å². The fourth-order valence-corrected chi connectivity index (χ4v) is 7.28. The lowest BCUT2D eigenvalue weighted by molar-refractivity contribution is -0.0672. The van der Waals surface area contributed by atoms with Gasteiger partial charge in [0.15, 0.2) is 29.3 Å². The minimum Gasteiger partial charge on any atom is -0.397 e. The second-order valence-corrected chi connectivity index (χ2v) is 13.1. The summed E-state index contributed by atoms with van der Waals surface area (Å²) >= 11 is 0. The lowest BCUT2D eigenvalue weighted by Crippen LogP contribution is -2.36. The number of nitrogens with one attached hydrogen (secondary N) is 1. The van der Waals surface area contributed by atoms with Crippen molar-refractivity contribution in [2.75, 3.05) is 24.7 Å². The van der Waals surface area contributed by atoms with Gasteiger partial charge in [-0.3, -0.25) is 37.0 Å². The molecule has 3 aliphatic heterocycles. The number of aromatic nitrogens is 7. The van der Waals surface area contributed by atoms with Crippen LogP contribution < -0.4 is 17.0 Å². The molecule has 3 fully saturated rings. The van der Waals surface area contributed by atoms with Crippen LogP contribution in [0, 0.1) is 0 Å². The van der Waals surface area contributed by atoms with Crippen molar-refractivity contribution >= 4 is 49.6 Å². The highest BCUT2D eigenvalue weighted by molar-refractivity contribution is 7.47. The Morgan fingerprint density at radius 1 is 0.844 bits per heavy atom. The van der Waals surface area contributed by atoms with E-state index in [9.17, 15) is 33.9 Å². The monoisotopic (exact) mass is 673 g/mol. The van der Waals surface area contributed by atoms with Crippen LogP contribution in [0.5, 0.6) is 0 Å². The van der Waals surface area contributed by atoms with Gasteiger partial charge in [0.25, 0.3) is 5.56 Å². The SMILES string of the molecule is Nc1nc2c(ncn2[C@@H]2OC3COP(=O)(O)O[C@@H]4C(COP(=O)(O)O[C@@H]2[C@@H]3O)O[C@@H](n2cnc3c(N)ccnc32)[C@@H]4O)c(=O)[nH]1. The van der Waals surface area contributed by atoms with Gasteiger partial charge >= 0.3 is 15.6 Å². The van der Waals surface area contributed by atoms with E-state index in [0.717, 1.165) is 10.9 Å². The summed E-state index contributed by atoms with van der Waals surface area (Å²) in [6.07, 6.45) is -8.82. The topological polar surface area (TPSA) is 317 Å². The number of hydrogen-bond acceptors (Lipinski definition) is 17. The molecule has 45 heavy (non-hydrogen) atoms. The Bertz CT molecular complexity index is 1930. The Morgan fingerprint density at radius 2 is 1.47 bits per heavy atom. The number of H-pyrrole nitrogens is 1. The van der Waals surface area contributed by atoms with Crippen molar-refractivity contribution in [1.29, 1.82) is 0 Å². The van der Waals surface area contributed by atoms with Crippen molar-refractivity contribution in [2.24, 2.45) is 0 Å². The van der Waals surface area contributed by atoms with Crippen LogP contribution in [0.3, 0.4) is 0 Å². The number of hydrogen-bond donors (Lipinski definition) is 7. The van der Waals surface area contributed by atoms with Crippen molar-refractivity contribution in [3.63, 3.8) is 0 Å². The number of aliphatic hydroxyl groups excluding tert-OH is 2. The van der Waals surface area contributed by atoms with E-state index >= 15 is 0 Å². The molecule has 4 unspecified atom stereocenters. The number of nitrogens with two attached hydrogens (primary N) is 2. The molecular weight excluding hydrogens is 648 g/mol. The van der Waals surface area contributed by atoms with Crippen LogP contribution in [0.4, 0.5) is 11.6 Å². The molecule has 0 aromatic carbocycles. The zero-order valence-electron chi connectivity index (χ0n) is 22.5. The second-order valence-electron chi connectivity index (χ2n) is 10.3. The van der Waals surface area contributed by atoms with E-state index < -0.39 is 83.5 Å². The molecule has 0 spiro atoms. The molecular formula is C21H25N9O13P2. The lowest BCUT2D eigenvalue weighted by Gasteiger charge is -2.25. The molecule has 24 heteroatoms. The minimum atomic E-state index is -5.11. The minimum absolute atomic E-state index is 0.125. The predicted molar refractivity (Wildman–Crippen MR) is 146 cm³/mol. The molecule has 3 aliphatic rings. The zero-order chi connectivity index (χ0) is 31.8. The number of anilines is 2. The van der Waals surface area contributed by atoms with E-state index in [1.807, 2.05) is 0 Å². The Labute approximate surface area is 249 Å². The highest BCUT2D eigenvalue weighted by Crippen LogP contribution is 2.53. The van der Waals surface area contributed by atoms with E-state index in [1.165, 1.54) is 23.2 Å². The quantitative estimate of drug-likeness (QED) is 0.116. The number of nitrogen functional groups attached to an aromatic ring is 2. The molecule has 22 nitrogen and oxygen atoms in total. The van der Waals surface area contributed by atoms with Crippen molar-refractivity contribution in [1.82, 2.24) is 34.1 Å². The Balaban J connectivity index is 1.21. The van der Waals surface area contributed by atoms with Crippen molar-refractivity contribution in [3.8, 4) is 0 Å². The highest BCUT2D eigenvalue weighted by atomic mass is 31.2. The molecule has 4 aromatic heterocycles. The number of fused-ring (bicyclic) bond motifs is 5. The van der Waals surface area contributed by atoms with Crippen LogP contribution in [-0.2, 0) is 36.7 Å². The molecule has 0 amide bonds. The van der Waals surface area contributed by atoms with Gasteiger partial charge in [-0.05, 0) is 6.07 Å². The van der Waals surface area contributed by atoms with Gasteiger partial charge < -0.3 is 40.9 Å². The maximum absolute atomic E-state index is 13.2. The highest BCUT2D eigenvalue weighted by Gasteiger charge is 2.54. The second kappa shape index (κ2) is 10.9. The van der Waals surface area contributed by atoms with Gasteiger partial charge in [-0.15, -0.1) is 0 Å². The van der Waals surface area contributed by atoms with E-state index in [2.05, 4.69) is 24.9 Å². The number of pyridine rings is 1. The number of ether oxygens (including phenoxy) is 2. The van der Waals surface area contributed by atoms with Crippen LogP contribution in [0.1, 0.15) is 12.5 Å². The molecule has 3 saturated heterocycles. The summed E-state index contributed by atoms with van der Waals surface area (Å²) in [5.41, 5.74) is 11.4. The molecule has 7 heterocycles. The van der Waals surface area contributed by atoms with Crippen LogP contribution >= 0.6 is 15.6 Å². The van der Waals surface area contributed by atoms with Crippen molar-refractivity contribution in [2.45, 2.75) is 49.1 Å². The normalized spacial score (nSPS) is 37.7. The smallest absolute Gasteiger partial charge is 0.397 e. The number of imidazole rings is 2.